The lowest BCUT2D eigenvalue weighted by Gasteiger charge is -2.38. The van der Waals surface area contributed by atoms with Gasteiger partial charge in [0, 0.05) is 13.1 Å². The van der Waals surface area contributed by atoms with E-state index < -0.39 is 5.41 Å². The maximum absolute atomic E-state index is 9.82. The van der Waals surface area contributed by atoms with E-state index in [0.29, 0.717) is 5.11 Å². The third-order valence-corrected chi connectivity index (χ3v) is 5.40. The van der Waals surface area contributed by atoms with Gasteiger partial charge >= 0.3 is 0 Å². The highest BCUT2D eigenvalue weighted by molar-refractivity contribution is 7.80. The Morgan fingerprint density at radius 1 is 1.19 bits per heavy atom. The predicted octanol–water partition coefficient (Wildman–Crippen LogP) is 4.26. The quantitative estimate of drug-likeness (QED) is 0.824. The summed E-state index contributed by atoms with van der Waals surface area (Å²) in [7, 11) is 1.65. The maximum Gasteiger partial charge on any atom is 0.173 e. The number of nitriles is 1. The third-order valence-electron chi connectivity index (χ3n) is 5.04. The Hall–Kier alpha value is -2.58. The van der Waals surface area contributed by atoms with Gasteiger partial charge in [-0.2, -0.15) is 5.26 Å². The zero-order chi connectivity index (χ0) is 18.6. The van der Waals surface area contributed by atoms with Crippen molar-refractivity contribution in [3.05, 3.63) is 59.7 Å². The van der Waals surface area contributed by atoms with E-state index >= 15 is 0 Å². The molecule has 0 radical (unpaired) electrons. The molecule has 1 saturated heterocycles. The van der Waals surface area contributed by atoms with Crippen LogP contribution in [-0.2, 0) is 5.41 Å². The summed E-state index contributed by atoms with van der Waals surface area (Å²) in [5, 5.41) is 13.8. The molecular formula is C21H23N3OS. The number of hydrogen-bond acceptors (Lipinski definition) is 3. The van der Waals surface area contributed by atoms with Crippen molar-refractivity contribution in [1.82, 2.24) is 4.90 Å². The summed E-state index contributed by atoms with van der Waals surface area (Å²) in [6.07, 6.45) is 1.53. The first kappa shape index (κ1) is 18.2. The van der Waals surface area contributed by atoms with Gasteiger partial charge in [-0.25, -0.2) is 0 Å². The highest BCUT2D eigenvalue weighted by atomic mass is 32.1. The zero-order valence-corrected chi connectivity index (χ0v) is 16.0. The number of likely N-dealkylation sites (tertiary alicyclic amines) is 1. The van der Waals surface area contributed by atoms with Gasteiger partial charge in [-0.3, -0.25) is 0 Å². The molecule has 0 saturated carbocycles. The molecule has 2 aromatic carbocycles. The fraction of sp³-hybridized carbons (Fsp3) is 0.333. The molecule has 2 aromatic rings. The highest BCUT2D eigenvalue weighted by Crippen LogP contribution is 2.35. The second-order valence-electron chi connectivity index (χ2n) is 6.68. The molecule has 1 aliphatic rings. The van der Waals surface area contributed by atoms with E-state index in [-0.39, 0.29) is 0 Å². The van der Waals surface area contributed by atoms with Gasteiger partial charge in [0.05, 0.1) is 24.3 Å². The monoisotopic (exact) mass is 365 g/mol. The number of anilines is 1. The lowest BCUT2D eigenvalue weighted by molar-refractivity contribution is 0.272. The van der Waals surface area contributed by atoms with Crippen LogP contribution in [0.2, 0.25) is 0 Å². The SMILES string of the molecule is COc1ccc(C)cc1NC(=S)N1CCC(C#N)(c2ccccc2)CC1. The van der Waals surface area contributed by atoms with E-state index in [4.69, 9.17) is 17.0 Å². The van der Waals surface area contributed by atoms with Crippen LogP contribution in [-0.4, -0.2) is 30.2 Å². The van der Waals surface area contributed by atoms with Gasteiger partial charge < -0.3 is 15.0 Å². The number of hydrogen-bond donors (Lipinski definition) is 1. The Labute approximate surface area is 160 Å². The molecule has 26 heavy (non-hydrogen) atoms. The Morgan fingerprint density at radius 2 is 1.88 bits per heavy atom. The number of ether oxygens (including phenoxy) is 1. The van der Waals surface area contributed by atoms with Crippen LogP contribution in [0.25, 0.3) is 0 Å². The van der Waals surface area contributed by atoms with Crippen LogP contribution < -0.4 is 10.1 Å². The average molecular weight is 366 g/mol. The van der Waals surface area contributed by atoms with Crippen molar-refractivity contribution in [2.45, 2.75) is 25.2 Å². The van der Waals surface area contributed by atoms with Crippen LogP contribution in [0.3, 0.4) is 0 Å². The summed E-state index contributed by atoms with van der Waals surface area (Å²) in [6.45, 7) is 3.54. The number of benzene rings is 2. The van der Waals surface area contributed by atoms with E-state index in [1.54, 1.807) is 7.11 Å². The molecule has 0 aliphatic carbocycles. The summed E-state index contributed by atoms with van der Waals surface area (Å²) >= 11 is 5.61. The van der Waals surface area contributed by atoms with Gasteiger partial charge in [-0.15, -0.1) is 0 Å². The number of nitrogens with zero attached hydrogens (tertiary/aromatic N) is 2. The summed E-state index contributed by atoms with van der Waals surface area (Å²) in [4.78, 5) is 2.13. The normalized spacial score (nSPS) is 15.8. The van der Waals surface area contributed by atoms with Crippen molar-refractivity contribution in [3.63, 3.8) is 0 Å². The lowest BCUT2D eigenvalue weighted by atomic mass is 9.74. The summed E-state index contributed by atoms with van der Waals surface area (Å²) in [5.74, 6) is 0.769. The van der Waals surface area contributed by atoms with Crippen LogP contribution in [0.4, 0.5) is 5.69 Å². The molecule has 0 unspecified atom stereocenters. The number of rotatable bonds is 3. The average Bonchev–Trinajstić information content (AvgIpc) is 2.69. The van der Waals surface area contributed by atoms with Gasteiger partial charge in [0.1, 0.15) is 5.75 Å². The number of aryl methyl sites for hydroxylation is 1. The summed E-state index contributed by atoms with van der Waals surface area (Å²) < 4.78 is 5.41. The topological polar surface area (TPSA) is 48.3 Å². The van der Waals surface area contributed by atoms with Gasteiger partial charge in [0.2, 0.25) is 0 Å². The van der Waals surface area contributed by atoms with E-state index in [0.717, 1.165) is 48.5 Å². The minimum atomic E-state index is -0.422. The molecule has 0 bridgehead atoms. The highest BCUT2D eigenvalue weighted by Gasteiger charge is 2.37. The Morgan fingerprint density at radius 3 is 2.50 bits per heavy atom. The molecule has 1 N–H and O–H groups in total. The molecule has 3 rings (SSSR count). The fourth-order valence-electron chi connectivity index (χ4n) is 3.43. The molecule has 4 nitrogen and oxygen atoms in total. The summed E-state index contributed by atoms with van der Waals surface area (Å²) in [5.41, 5.74) is 2.69. The first-order valence-corrected chi connectivity index (χ1v) is 9.16. The predicted molar refractivity (Wildman–Crippen MR) is 108 cm³/mol. The van der Waals surface area contributed by atoms with Gasteiger partial charge in [0.25, 0.3) is 0 Å². The zero-order valence-electron chi connectivity index (χ0n) is 15.2. The van der Waals surface area contributed by atoms with E-state index in [1.807, 2.05) is 55.5 Å². The molecule has 1 heterocycles. The minimum absolute atomic E-state index is 0.422. The van der Waals surface area contributed by atoms with Crippen molar-refractivity contribution in [1.29, 1.82) is 5.26 Å². The largest absolute Gasteiger partial charge is 0.495 e. The van der Waals surface area contributed by atoms with Crippen LogP contribution in [0.15, 0.2) is 48.5 Å². The molecule has 0 spiro atoms. The van der Waals surface area contributed by atoms with E-state index in [2.05, 4.69) is 16.3 Å². The first-order valence-electron chi connectivity index (χ1n) is 8.75. The number of thiocarbonyl (C=S) groups is 1. The second-order valence-corrected chi connectivity index (χ2v) is 7.07. The minimum Gasteiger partial charge on any atom is -0.495 e. The Balaban J connectivity index is 1.69. The third kappa shape index (κ3) is 3.66. The number of nitrogens with one attached hydrogen (secondary N) is 1. The second kappa shape index (κ2) is 7.76. The summed E-state index contributed by atoms with van der Waals surface area (Å²) in [6, 6.07) is 18.6. The maximum atomic E-state index is 9.82. The molecule has 0 atom stereocenters. The van der Waals surface area contributed by atoms with E-state index in [1.165, 1.54) is 0 Å². The lowest BCUT2D eigenvalue weighted by Crippen LogP contribution is -2.46. The molecule has 0 aromatic heterocycles. The van der Waals surface area contributed by atoms with Crippen molar-refractivity contribution in [2.24, 2.45) is 0 Å². The number of piperidine rings is 1. The van der Waals surface area contributed by atoms with Crippen molar-refractivity contribution in [3.8, 4) is 11.8 Å². The molecule has 134 valence electrons. The van der Waals surface area contributed by atoms with E-state index in [9.17, 15) is 5.26 Å². The molecular weight excluding hydrogens is 342 g/mol. The van der Waals surface area contributed by atoms with Crippen molar-refractivity contribution >= 4 is 23.0 Å². The van der Waals surface area contributed by atoms with Crippen LogP contribution in [0, 0.1) is 18.3 Å². The first-order chi connectivity index (χ1) is 12.6. The Kier molecular flexibility index (Phi) is 5.43. The van der Waals surface area contributed by atoms with Crippen LogP contribution in [0.1, 0.15) is 24.0 Å². The van der Waals surface area contributed by atoms with Gasteiger partial charge in [0.15, 0.2) is 5.11 Å². The standard InChI is InChI=1S/C21H23N3OS/c1-16-8-9-19(25-2)18(14-16)23-20(26)24-12-10-21(15-22,11-13-24)17-6-4-3-5-7-17/h3-9,14H,10-13H2,1-2H3,(H,23,26). The van der Waals surface area contributed by atoms with Gasteiger partial charge in [-0.05, 0) is 55.2 Å². The van der Waals surface area contributed by atoms with Crippen LogP contribution >= 0.6 is 12.2 Å². The molecule has 1 aliphatic heterocycles. The smallest absolute Gasteiger partial charge is 0.173 e. The van der Waals surface area contributed by atoms with Crippen molar-refractivity contribution < 1.29 is 4.74 Å². The molecule has 1 fully saturated rings. The van der Waals surface area contributed by atoms with Crippen molar-refractivity contribution in [2.75, 3.05) is 25.5 Å². The molecule has 5 heteroatoms. The van der Waals surface area contributed by atoms with Gasteiger partial charge in [-0.1, -0.05) is 36.4 Å². The molecule has 0 amide bonds. The van der Waals surface area contributed by atoms with Crippen LogP contribution in [0.5, 0.6) is 5.75 Å². The number of methoxy groups -OCH3 is 1. The Bertz CT molecular complexity index is 821. The fourth-order valence-corrected chi connectivity index (χ4v) is 3.72.